The number of piperidine rings is 1. The van der Waals surface area contributed by atoms with Gasteiger partial charge in [0.15, 0.2) is 0 Å². The molecule has 2 aromatic heterocycles. The summed E-state index contributed by atoms with van der Waals surface area (Å²) in [4.78, 5) is 28.5. The number of anilines is 1. The molecule has 1 aliphatic heterocycles. The minimum absolute atomic E-state index is 0.0929. The zero-order valence-electron chi connectivity index (χ0n) is 17.8. The van der Waals surface area contributed by atoms with E-state index in [9.17, 15) is 18.0 Å². The maximum absolute atomic E-state index is 13.7. The summed E-state index contributed by atoms with van der Waals surface area (Å²) in [6.07, 6.45) is -0.743. The van der Waals surface area contributed by atoms with Crippen LogP contribution in [0.25, 0.3) is 10.4 Å². The standard InChI is InChI=1S/C23H22F3N5OS/c1-13-29-19(20(33-13)14-5-3-2-4-6-14)21(32)31-16(8-7-15-11-17(15)31)12-28-22-27-10-9-18(30-22)23(24,25)26/h2-6,9-10,15-17H,7-8,11-12H2,1H3,(H,27,28,30)/t15-,16-,17+/m0/s1. The molecule has 3 heterocycles. The van der Waals surface area contributed by atoms with E-state index in [1.54, 1.807) is 0 Å². The first-order valence-electron chi connectivity index (χ1n) is 10.8. The summed E-state index contributed by atoms with van der Waals surface area (Å²) in [5, 5.41) is 3.73. The first-order valence-corrected chi connectivity index (χ1v) is 11.6. The van der Waals surface area contributed by atoms with Crippen molar-refractivity contribution in [1.29, 1.82) is 0 Å². The van der Waals surface area contributed by atoms with Crippen LogP contribution in [0, 0.1) is 12.8 Å². The number of benzene rings is 1. The van der Waals surface area contributed by atoms with Gasteiger partial charge in [0.25, 0.3) is 5.91 Å². The van der Waals surface area contributed by atoms with Crippen LogP contribution in [0.2, 0.25) is 0 Å². The number of carbonyl (C=O) groups excluding carboxylic acids is 1. The van der Waals surface area contributed by atoms with E-state index >= 15 is 0 Å². The number of amides is 1. The Morgan fingerprint density at radius 3 is 2.73 bits per heavy atom. The average Bonchev–Trinajstić information content (AvgIpc) is 3.49. The topological polar surface area (TPSA) is 71.0 Å². The minimum atomic E-state index is -4.54. The van der Waals surface area contributed by atoms with Gasteiger partial charge in [-0.1, -0.05) is 30.3 Å². The Balaban J connectivity index is 1.38. The van der Waals surface area contributed by atoms with E-state index < -0.39 is 11.9 Å². The second kappa shape index (κ2) is 8.40. The van der Waals surface area contributed by atoms with Crippen LogP contribution in [0.4, 0.5) is 19.1 Å². The fourth-order valence-corrected chi connectivity index (χ4v) is 5.42. The smallest absolute Gasteiger partial charge is 0.352 e. The monoisotopic (exact) mass is 473 g/mol. The maximum atomic E-state index is 13.7. The summed E-state index contributed by atoms with van der Waals surface area (Å²) in [6, 6.07) is 10.5. The Labute approximate surface area is 192 Å². The molecular weight excluding hydrogens is 451 g/mol. The molecule has 3 aromatic rings. The third kappa shape index (κ3) is 4.44. The third-order valence-corrected chi connectivity index (χ3v) is 7.18. The van der Waals surface area contributed by atoms with Crippen LogP contribution in [-0.2, 0) is 6.18 Å². The van der Waals surface area contributed by atoms with E-state index in [0.29, 0.717) is 11.6 Å². The highest BCUT2D eigenvalue weighted by molar-refractivity contribution is 7.15. The molecule has 172 valence electrons. The zero-order chi connectivity index (χ0) is 23.2. The Morgan fingerprint density at radius 2 is 1.97 bits per heavy atom. The van der Waals surface area contributed by atoms with Crippen LogP contribution >= 0.6 is 11.3 Å². The first-order chi connectivity index (χ1) is 15.8. The lowest BCUT2D eigenvalue weighted by Gasteiger charge is -2.35. The first kappa shape index (κ1) is 21.8. The molecule has 0 bridgehead atoms. The quantitative estimate of drug-likeness (QED) is 0.563. The van der Waals surface area contributed by atoms with Gasteiger partial charge < -0.3 is 10.2 Å². The van der Waals surface area contributed by atoms with Gasteiger partial charge in [0.2, 0.25) is 5.95 Å². The van der Waals surface area contributed by atoms with Crippen molar-refractivity contribution in [2.24, 2.45) is 5.92 Å². The second-order valence-corrected chi connectivity index (χ2v) is 9.63. The lowest BCUT2D eigenvalue weighted by molar-refractivity contribution is -0.141. The number of likely N-dealkylation sites (tertiary alicyclic amines) is 1. The minimum Gasteiger partial charge on any atom is -0.352 e. The van der Waals surface area contributed by atoms with Gasteiger partial charge in [-0.2, -0.15) is 13.2 Å². The molecule has 1 amide bonds. The molecule has 0 spiro atoms. The van der Waals surface area contributed by atoms with Crippen LogP contribution in [0.3, 0.4) is 0 Å². The van der Waals surface area contributed by atoms with Crippen molar-refractivity contribution in [3.05, 3.63) is 59.0 Å². The zero-order valence-corrected chi connectivity index (χ0v) is 18.7. The van der Waals surface area contributed by atoms with E-state index in [1.165, 1.54) is 11.3 Å². The summed E-state index contributed by atoms with van der Waals surface area (Å²) in [7, 11) is 0. The maximum Gasteiger partial charge on any atom is 0.433 e. The van der Waals surface area contributed by atoms with Crippen LogP contribution in [-0.4, -0.2) is 44.4 Å². The predicted molar refractivity (Wildman–Crippen MR) is 119 cm³/mol. The number of aromatic nitrogens is 3. The number of alkyl halides is 3. The fourth-order valence-electron chi connectivity index (χ4n) is 4.51. The van der Waals surface area contributed by atoms with Gasteiger partial charge in [0.05, 0.1) is 9.88 Å². The van der Waals surface area contributed by atoms with Gasteiger partial charge in [-0.05, 0) is 43.7 Å². The molecule has 1 aliphatic carbocycles. The lowest BCUT2D eigenvalue weighted by atomic mass is 10.0. The predicted octanol–water partition coefficient (Wildman–Crippen LogP) is 5.03. The fraction of sp³-hybridized carbons (Fsp3) is 0.391. The van der Waals surface area contributed by atoms with E-state index in [1.807, 2.05) is 42.2 Å². The van der Waals surface area contributed by atoms with Crippen LogP contribution in [0.5, 0.6) is 0 Å². The number of carbonyl (C=O) groups is 1. The van der Waals surface area contributed by atoms with E-state index in [0.717, 1.165) is 47.0 Å². The van der Waals surface area contributed by atoms with Gasteiger partial charge in [-0.3, -0.25) is 4.79 Å². The summed E-state index contributed by atoms with van der Waals surface area (Å²) < 4.78 is 38.9. The van der Waals surface area contributed by atoms with Crippen LogP contribution in [0.1, 0.15) is 40.5 Å². The van der Waals surface area contributed by atoms with Crippen molar-refractivity contribution >= 4 is 23.2 Å². The number of nitrogens with one attached hydrogen (secondary N) is 1. The number of hydrogen-bond acceptors (Lipinski definition) is 6. The molecule has 3 atom stereocenters. The molecule has 1 saturated heterocycles. The molecule has 5 rings (SSSR count). The van der Waals surface area contributed by atoms with Gasteiger partial charge in [-0.15, -0.1) is 11.3 Å². The summed E-state index contributed by atoms with van der Waals surface area (Å²) in [6.45, 7) is 2.16. The summed E-state index contributed by atoms with van der Waals surface area (Å²) >= 11 is 1.49. The van der Waals surface area contributed by atoms with Crippen molar-refractivity contribution in [1.82, 2.24) is 19.9 Å². The number of aryl methyl sites for hydroxylation is 1. The molecule has 2 aliphatic rings. The highest BCUT2D eigenvalue weighted by Gasteiger charge is 2.50. The second-order valence-electron chi connectivity index (χ2n) is 8.43. The SMILES string of the molecule is Cc1nc(C(=O)N2[C@H](CNc3nccc(C(F)(F)F)n3)CC[C@H]3C[C@H]32)c(-c2ccccc2)s1. The Morgan fingerprint density at radius 1 is 1.18 bits per heavy atom. The van der Waals surface area contributed by atoms with Crippen molar-refractivity contribution in [3.63, 3.8) is 0 Å². The van der Waals surface area contributed by atoms with Crippen molar-refractivity contribution < 1.29 is 18.0 Å². The van der Waals surface area contributed by atoms with Crippen LogP contribution in [0.15, 0.2) is 42.6 Å². The number of rotatable bonds is 5. The van der Waals surface area contributed by atoms with Gasteiger partial charge >= 0.3 is 6.18 Å². The van der Waals surface area contributed by atoms with Gasteiger partial charge in [-0.25, -0.2) is 15.0 Å². The van der Waals surface area contributed by atoms with Gasteiger partial charge in [0.1, 0.15) is 11.4 Å². The Kier molecular flexibility index (Phi) is 5.55. The molecule has 0 radical (unpaired) electrons. The number of thiazole rings is 1. The van der Waals surface area contributed by atoms with Crippen molar-refractivity contribution in [2.45, 2.75) is 44.4 Å². The van der Waals surface area contributed by atoms with Gasteiger partial charge in [0, 0.05) is 24.8 Å². The summed E-state index contributed by atoms with van der Waals surface area (Å²) in [5.74, 6) is 0.265. The molecule has 0 unspecified atom stereocenters. The number of hydrogen-bond donors (Lipinski definition) is 1. The molecule has 2 fully saturated rings. The summed E-state index contributed by atoms with van der Waals surface area (Å²) in [5.41, 5.74) is 0.392. The molecule has 1 saturated carbocycles. The number of fused-ring (bicyclic) bond motifs is 1. The third-order valence-electron chi connectivity index (χ3n) is 6.16. The largest absolute Gasteiger partial charge is 0.433 e. The van der Waals surface area contributed by atoms with E-state index in [2.05, 4.69) is 20.3 Å². The Hall–Kier alpha value is -3.01. The van der Waals surface area contributed by atoms with Crippen molar-refractivity contribution in [3.8, 4) is 10.4 Å². The Bertz CT molecular complexity index is 1170. The van der Waals surface area contributed by atoms with E-state index in [4.69, 9.17) is 0 Å². The number of halogens is 3. The highest BCUT2D eigenvalue weighted by atomic mass is 32.1. The molecule has 1 N–H and O–H groups in total. The highest BCUT2D eigenvalue weighted by Crippen LogP contribution is 2.46. The molecule has 33 heavy (non-hydrogen) atoms. The molecular formula is C23H22F3N5OS. The number of nitrogens with zero attached hydrogens (tertiary/aromatic N) is 4. The van der Waals surface area contributed by atoms with Crippen molar-refractivity contribution in [2.75, 3.05) is 11.9 Å². The van der Waals surface area contributed by atoms with E-state index in [-0.39, 0.29) is 30.5 Å². The molecule has 6 nitrogen and oxygen atoms in total. The average molecular weight is 474 g/mol. The molecule has 1 aromatic carbocycles. The lowest BCUT2D eigenvalue weighted by Crippen LogP contribution is -2.48. The normalized spacial score (nSPS) is 22.1. The molecule has 10 heteroatoms. The van der Waals surface area contributed by atoms with Crippen LogP contribution < -0.4 is 5.32 Å².